The fourth-order valence-corrected chi connectivity index (χ4v) is 3.62. The molecule has 0 N–H and O–H groups in total. The summed E-state index contributed by atoms with van der Waals surface area (Å²) in [5.74, 6) is 2.01. The van der Waals surface area contributed by atoms with E-state index in [1.807, 2.05) is 0 Å². The van der Waals surface area contributed by atoms with Crippen LogP contribution >= 0.6 is 0 Å². The van der Waals surface area contributed by atoms with Crippen LogP contribution in [0.25, 0.3) is 0 Å². The molecular weight excluding hydrogens is 276 g/mol. The van der Waals surface area contributed by atoms with Gasteiger partial charge in [-0.2, -0.15) is 0 Å². The zero-order valence-electron chi connectivity index (χ0n) is 14.1. The topological polar surface area (TPSA) is 33.5 Å². The summed E-state index contributed by atoms with van der Waals surface area (Å²) in [6, 6.07) is 0. The molecule has 2 aliphatic heterocycles. The van der Waals surface area contributed by atoms with Crippen LogP contribution < -0.4 is 0 Å². The predicted molar refractivity (Wildman–Crippen MR) is 87.9 cm³/mol. The van der Waals surface area contributed by atoms with Crippen LogP contribution in [0.4, 0.5) is 0 Å². The SMILES string of the molecule is CCN(CC)Cc1cnc2n1CCN(CC1CCOC1)CC2. The van der Waals surface area contributed by atoms with Crippen LogP contribution in [-0.2, 0) is 24.2 Å². The number of aromatic nitrogens is 2. The highest BCUT2D eigenvalue weighted by molar-refractivity contribution is 5.07. The van der Waals surface area contributed by atoms with Crippen molar-refractivity contribution >= 4 is 0 Å². The number of hydrogen-bond acceptors (Lipinski definition) is 4. The third-order valence-electron chi connectivity index (χ3n) is 5.13. The van der Waals surface area contributed by atoms with Gasteiger partial charge in [-0.05, 0) is 25.4 Å². The van der Waals surface area contributed by atoms with Gasteiger partial charge in [0.1, 0.15) is 5.82 Å². The third-order valence-corrected chi connectivity index (χ3v) is 5.13. The van der Waals surface area contributed by atoms with Crippen molar-refractivity contribution in [2.45, 2.75) is 39.8 Å². The molecule has 5 heteroatoms. The van der Waals surface area contributed by atoms with Gasteiger partial charge in [0.2, 0.25) is 0 Å². The van der Waals surface area contributed by atoms with E-state index >= 15 is 0 Å². The summed E-state index contributed by atoms with van der Waals surface area (Å²) in [5.41, 5.74) is 1.38. The van der Waals surface area contributed by atoms with Crippen LogP contribution in [0.3, 0.4) is 0 Å². The van der Waals surface area contributed by atoms with Crippen LogP contribution in [0.2, 0.25) is 0 Å². The number of rotatable bonds is 6. The average Bonchev–Trinajstić information content (AvgIpc) is 3.13. The zero-order chi connectivity index (χ0) is 15.4. The minimum Gasteiger partial charge on any atom is -0.381 e. The smallest absolute Gasteiger partial charge is 0.110 e. The van der Waals surface area contributed by atoms with Crippen LogP contribution in [0.1, 0.15) is 31.8 Å². The van der Waals surface area contributed by atoms with Gasteiger partial charge in [0.05, 0.1) is 12.3 Å². The molecule has 124 valence electrons. The quantitative estimate of drug-likeness (QED) is 0.800. The number of hydrogen-bond donors (Lipinski definition) is 0. The molecule has 1 fully saturated rings. The Balaban J connectivity index is 1.60. The van der Waals surface area contributed by atoms with E-state index in [4.69, 9.17) is 4.74 Å². The van der Waals surface area contributed by atoms with Gasteiger partial charge >= 0.3 is 0 Å². The van der Waals surface area contributed by atoms with E-state index in [2.05, 4.69) is 39.4 Å². The number of ether oxygens (including phenoxy) is 1. The van der Waals surface area contributed by atoms with Crippen molar-refractivity contribution in [3.63, 3.8) is 0 Å². The van der Waals surface area contributed by atoms with Crippen LogP contribution in [0, 0.1) is 5.92 Å². The van der Waals surface area contributed by atoms with E-state index in [0.717, 1.165) is 64.8 Å². The summed E-state index contributed by atoms with van der Waals surface area (Å²) < 4.78 is 7.98. The Hall–Kier alpha value is -0.910. The molecule has 1 aromatic heterocycles. The van der Waals surface area contributed by atoms with Crippen LogP contribution in [0.15, 0.2) is 6.20 Å². The van der Waals surface area contributed by atoms with E-state index in [-0.39, 0.29) is 0 Å². The lowest BCUT2D eigenvalue weighted by Gasteiger charge is -2.23. The van der Waals surface area contributed by atoms with Gasteiger partial charge in [0.15, 0.2) is 0 Å². The number of fused-ring (bicyclic) bond motifs is 1. The van der Waals surface area contributed by atoms with Crippen molar-refractivity contribution in [2.24, 2.45) is 5.92 Å². The highest BCUT2D eigenvalue weighted by Crippen LogP contribution is 2.17. The molecule has 1 aromatic rings. The molecule has 1 unspecified atom stereocenters. The first-order chi connectivity index (χ1) is 10.8. The van der Waals surface area contributed by atoms with E-state index in [0.29, 0.717) is 0 Å². The lowest BCUT2D eigenvalue weighted by atomic mass is 10.1. The molecule has 0 amide bonds. The first-order valence-electron chi connectivity index (χ1n) is 8.85. The van der Waals surface area contributed by atoms with E-state index in [9.17, 15) is 0 Å². The van der Waals surface area contributed by atoms with Gasteiger partial charge in [0.25, 0.3) is 0 Å². The molecule has 3 rings (SSSR count). The molecule has 0 radical (unpaired) electrons. The summed E-state index contributed by atoms with van der Waals surface area (Å²) in [7, 11) is 0. The summed E-state index contributed by atoms with van der Waals surface area (Å²) in [5, 5.41) is 0. The van der Waals surface area contributed by atoms with Crippen molar-refractivity contribution in [3.05, 3.63) is 17.7 Å². The van der Waals surface area contributed by atoms with Crippen LogP contribution in [-0.4, -0.2) is 65.3 Å². The molecule has 3 heterocycles. The maximum absolute atomic E-state index is 5.51. The highest BCUT2D eigenvalue weighted by atomic mass is 16.5. The summed E-state index contributed by atoms with van der Waals surface area (Å²) in [4.78, 5) is 9.76. The number of imidazole rings is 1. The lowest BCUT2D eigenvalue weighted by Crippen LogP contribution is -2.32. The van der Waals surface area contributed by atoms with Gasteiger partial charge < -0.3 is 14.2 Å². The van der Waals surface area contributed by atoms with Crippen molar-refractivity contribution in [2.75, 3.05) is 45.9 Å². The zero-order valence-corrected chi connectivity index (χ0v) is 14.1. The Bertz CT molecular complexity index is 463. The molecule has 5 nitrogen and oxygen atoms in total. The van der Waals surface area contributed by atoms with Gasteiger partial charge in [-0.1, -0.05) is 13.8 Å². The Morgan fingerprint density at radius 1 is 1.27 bits per heavy atom. The fourth-order valence-electron chi connectivity index (χ4n) is 3.62. The van der Waals surface area contributed by atoms with E-state index in [1.54, 1.807) is 0 Å². The largest absolute Gasteiger partial charge is 0.381 e. The second kappa shape index (κ2) is 7.57. The predicted octanol–water partition coefficient (Wildman–Crippen LogP) is 1.62. The molecule has 1 atom stereocenters. The Kier molecular flexibility index (Phi) is 5.50. The van der Waals surface area contributed by atoms with Gasteiger partial charge in [0, 0.05) is 51.9 Å². The fraction of sp³-hybridized carbons (Fsp3) is 0.824. The average molecular weight is 306 g/mol. The minimum absolute atomic E-state index is 0.737. The summed E-state index contributed by atoms with van der Waals surface area (Å²) >= 11 is 0. The standard InChI is InChI=1S/C17H30N4O/c1-3-19(4-2)13-16-11-18-17-5-7-20(8-9-21(16)17)12-15-6-10-22-14-15/h11,15H,3-10,12-14H2,1-2H3. The van der Waals surface area contributed by atoms with E-state index < -0.39 is 0 Å². The third kappa shape index (κ3) is 3.70. The maximum Gasteiger partial charge on any atom is 0.110 e. The first-order valence-corrected chi connectivity index (χ1v) is 8.85. The maximum atomic E-state index is 5.51. The highest BCUT2D eigenvalue weighted by Gasteiger charge is 2.22. The molecule has 0 spiro atoms. The number of nitrogens with zero attached hydrogens (tertiary/aromatic N) is 4. The van der Waals surface area contributed by atoms with Crippen molar-refractivity contribution in [1.29, 1.82) is 0 Å². The molecule has 0 aromatic carbocycles. The summed E-state index contributed by atoms with van der Waals surface area (Å²) in [6.07, 6.45) is 4.40. The second-order valence-corrected chi connectivity index (χ2v) is 6.56. The van der Waals surface area contributed by atoms with Gasteiger partial charge in [-0.3, -0.25) is 4.90 Å². The molecule has 0 bridgehead atoms. The lowest BCUT2D eigenvalue weighted by molar-refractivity contribution is 0.167. The Morgan fingerprint density at radius 2 is 2.14 bits per heavy atom. The normalized spacial score (nSPS) is 23.0. The van der Waals surface area contributed by atoms with Crippen molar-refractivity contribution < 1.29 is 4.74 Å². The first kappa shape index (κ1) is 16.0. The minimum atomic E-state index is 0.737. The molecule has 2 aliphatic rings. The van der Waals surface area contributed by atoms with Gasteiger partial charge in [-0.15, -0.1) is 0 Å². The molecule has 22 heavy (non-hydrogen) atoms. The molecule has 0 saturated carbocycles. The summed E-state index contributed by atoms with van der Waals surface area (Å²) in [6.45, 7) is 14.1. The molecule has 0 aliphatic carbocycles. The van der Waals surface area contributed by atoms with E-state index in [1.165, 1.54) is 24.5 Å². The second-order valence-electron chi connectivity index (χ2n) is 6.56. The molecular formula is C17H30N4O. The van der Waals surface area contributed by atoms with Crippen LogP contribution in [0.5, 0.6) is 0 Å². The van der Waals surface area contributed by atoms with Gasteiger partial charge in [-0.25, -0.2) is 4.98 Å². The molecule has 1 saturated heterocycles. The van der Waals surface area contributed by atoms with Crippen molar-refractivity contribution in [1.82, 2.24) is 19.4 Å². The monoisotopic (exact) mass is 306 g/mol. The van der Waals surface area contributed by atoms with Crippen molar-refractivity contribution in [3.8, 4) is 0 Å². The Morgan fingerprint density at radius 3 is 2.86 bits per heavy atom. The Labute approximate surface area is 134 Å².